The second kappa shape index (κ2) is 6.80. The second-order valence-electron chi connectivity index (χ2n) is 3.80. The minimum absolute atomic E-state index is 0.0323. The van der Waals surface area contributed by atoms with Gasteiger partial charge in [-0.25, -0.2) is 8.78 Å². The molecule has 0 unspecified atom stereocenters. The van der Waals surface area contributed by atoms with Crippen molar-refractivity contribution in [2.24, 2.45) is 0 Å². The maximum absolute atomic E-state index is 13.8. The molecule has 0 atom stereocenters. The fraction of sp³-hybridized carbons (Fsp3) is 0.417. The highest BCUT2D eigenvalue weighted by Crippen LogP contribution is 2.22. The largest absolute Gasteiger partial charge is 0.358 e. The molecule has 0 aliphatic carbocycles. The summed E-state index contributed by atoms with van der Waals surface area (Å²) in [5.74, 6) is -1.41. The first-order valence-electron chi connectivity index (χ1n) is 5.54. The number of amides is 1. The van der Waals surface area contributed by atoms with Crippen LogP contribution < -0.4 is 5.32 Å². The van der Waals surface area contributed by atoms with Crippen LogP contribution >= 0.6 is 15.9 Å². The first kappa shape index (κ1) is 15.0. The molecule has 0 spiro atoms. The summed E-state index contributed by atoms with van der Waals surface area (Å²) < 4.78 is 27.5. The highest BCUT2D eigenvalue weighted by atomic mass is 79.9. The van der Waals surface area contributed by atoms with Crippen LogP contribution in [0.1, 0.15) is 12.5 Å². The van der Waals surface area contributed by atoms with Crippen LogP contribution in [0, 0.1) is 11.6 Å². The Bertz CT molecular complexity index is 440. The highest BCUT2D eigenvalue weighted by Gasteiger charge is 2.16. The third-order valence-corrected chi connectivity index (χ3v) is 3.23. The van der Waals surface area contributed by atoms with Crippen molar-refractivity contribution in [2.45, 2.75) is 13.5 Å². The number of hydrogen-bond acceptors (Lipinski definition) is 2. The topological polar surface area (TPSA) is 32.3 Å². The summed E-state index contributed by atoms with van der Waals surface area (Å²) in [6.07, 6.45) is 0. The van der Waals surface area contributed by atoms with Gasteiger partial charge in [-0.15, -0.1) is 0 Å². The number of likely N-dealkylation sites (N-methyl/N-ethyl adjacent to an activating group) is 2. The van der Waals surface area contributed by atoms with Crippen molar-refractivity contribution >= 4 is 21.8 Å². The van der Waals surface area contributed by atoms with Crippen molar-refractivity contribution in [3.8, 4) is 0 Å². The van der Waals surface area contributed by atoms with E-state index in [1.165, 1.54) is 19.2 Å². The lowest BCUT2D eigenvalue weighted by atomic mass is 10.2. The van der Waals surface area contributed by atoms with E-state index in [2.05, 4.69) is 21.2 Å². The van der Waals surface area contributed by atoms with Crippen molar-refractivity contribution in [1.29, 1.82) is 0 Å². The molecule has 1 amide bonds. The minimum atomic E-state index is -0.620. The van der Waals surface area contributed by atoms with E-state index < -0.39 is 11.6 Å². The van der Waals surface area contributed by atoms with Crippen molar-refractivity contribution < 1.29 is 13.6 Å². The summed E-state index contributed by atoms with van der Waals surface area (Å²) in [6, 6.07) is 2.53. The van der Waals surface area contributed by atoms with Crippen molar-refractivity contribution in [3.63, 3.8) is 0 Å². The normalized spacial score (nSPS) is 10.8. The number of rotatable bonds is 5. The lowest BCUT2D eigenvalue weighted by molar-refractivity contribution is -0.121. The Kier molecular flexibility index (Phi) is 5.68. The molecule has 0 heterocycles. The summed E-state index contributed by atoms with van der Waals surface area (Å²) in [4.78, 5) is 12.9. The molecule has 100 valence electrons. The number of carbonyl (C=O) groups excluding carboxylic acids is 1. The second-order valence-corrected chi connectivity index (χ2v) is 4.65. The predicted octanol–water partition coefficient (Wildman–Crippen LogP) is 2.30. The molecule has 18 heavy (non-hydrogen) atoms. The van der Waals surface area contributed by atoms with E-state index in [1.54, 1.807) is 4.90 Å². The number of carbonyl (C=O) groups is 1. The van der Waals surface area contributed by atoms with Gasteiger partial charge in [0, 0.05) is 19.2 Å². The zero-order chi connectivity index (χ0) is 13.7. The van der Waals surface area contributed by atoms with Gasteiger partial charge in [-0.1, -0.05) is 6.92 Å². The van der Waals surface area contributed by atoms with Crippen LogP contribution in [0.2, 0.25) is 0 Å². The minimum Gasteiger partial charge on any atom is -0.358 e. The number of benzene rings is 1. The van der Waals surface area contributed by atoms with E-state index in [0.717, 1.165) is 0 Å². The summed E-state index contributed by atoms with van der Waals surface area (Å²) >= 11 is 3.02. The van der Waals surface area contributed by atoms with Crippen molar-refractivity contribution in [1.82, 2.24) is 10.2 Å². The van der Waals surface area contributed by atoms with Gasteiger partial charge in [0.2, 0.25) is 5.91 Å². The fourth-order valence-electron chi connectivity index (χ4n) is 1.50. The van der Waals surface area contributed by atoms with Crippen molar-refractivity contribution in [3.05, 3.63) is 33.8 Å². The molecule has 0 aromatic heterocycles. The maximum atomic E-state index is 13.8. The molecule has 0 radical (unpaired) electrons. The maximum Gasteiger partial charge on any atom is 0.233 e. The van der Waals surface area contributed by atoms with E-state index in [-0.39, 0.29) is 29.0 Å². The molecule has 1 aromatic carbocycles. The highest BCUT2D eigenvalue weighted by molar-refractivity contribution is 9.10. The molecular formula is C12H15BrF2N2O. The molecule has 1 N–H and O–H groups in total. The van der Waals surface area contributed by atoms with Gasteiger partial charge >= 0.3 is 0 Å². The Morgan fingerprint density at radius 2 is 2.11 bits per heavy atom. The molecule has 3 nitrogen and oxygen atoms in total. The van der Waals surface area contributed by atoms with Crippen LogP contribution in [-0.4, -0.2) is 30.9 Å². The molecule has 1 rings (SSSR count). The monoisotopic (exact) mass is 320 g/mol. The molecule has 0 saturated carbocycles. The number of hydrogen-bond donors (Lipinski definition) is 1. The van der Waals surface area contributed by atoms with Crippen LogP contribution in [0.4, 0.5) is 8.78 Å². The van der Waals surface area contributed by atoms with Gasteiger partial charge in [0.1, 0.15) is 11.6 Å². The lowest BCUT2D eigenvalue weighted by Gasteiger charge is -2.20. The lowest BCUT2D eigenvalue weighted by Crippen LogP contribution is -2.35. The first-order valence-corrected chi connectivity index (χ1v) is 6.34. The van der Waals surface area contributed by atoms with Gasteiger partial charge in [-0.3, -0.25) is 9.69 Å². The van der Waals surface area contributed by atoms with Gasteiger partial charge in [-0.2, -0.15) is 0 Å². The van der Waals surface area contributed by atoms with Crippen LogP contribution in [0.3, 0.4) is 0 Å². The van der Waals surface area contributed by atoms with Gasteiger partial charge in [0.05, 0.1) is 11.0 Å². The average molecular weight is 321 g/mol. The number of halogens is 3. The Hall–Kier alpha value is -1.01. The van der Waals surface area contributed by atoms with E-state index >= 15 is 0 Å². The fourth-order valence-corrected chi connectivity index (χ4v) is 1.87. The third-order valence-electron chi connectivity index (χ3n) is 2.61. The zero-order valence-corrected chi connectivity index (χ0v) is 11.9. The van der Waals surface area contributed by atoms with Gasteiger partial charge < -0.3 is 5.32 Å². The molecule has 0 aliphatic rings. The Morgan fingerprint density at radius 3 is 2.67 bits per heavy atom. The quantitative estimate of drug-likeness (QED) is 0.844. The van der Waals surface area contributed by atoms with Gasteiger partial charge in [0.15, 0.2) is 0 Å². The van der Waals surface area contributed by atoms with Crippen LogP contribution in [0.5, 0.6) is 0 Å². The van der Waals surface area contributed by atoms with E-state index in [4.69, 9.17) is 0 Å². The van der Waals surface area contributed by atoms with Crippen molar-refractivity contribution in [2.75, 3.05) is 20.1 Å². The number of nitrogens with zero attached hydrogens (tertiary/aromatic N) is 1. The Labute approximate surface area is 113 Å². The van der Waals surface area contributed by atoms with Gasteiger partial charge in [-0.05, 0) is 34.6 Å². The first-order chi connectivity index (χ1) is 8.49. The molecular weight excluding hydrogens is 306 g/mol. The summed E-state index contributed by atoms with van der Waals surface area (Å²) in [6.45, 7) is 2.52. The molecule has 0 aliphatic heterocycles. The van der Waals surface area contributed by atoms with E-state index in [1.807, 2.05) is 6.92 Å². The van der Waals surface area contributed by atoms with Crippen LogP contribution in [0.25, 0.3) is 0 Å². The van der Waals surface area contributed by atoms with Crippen LogP contribution in [-0.2, 0) is 11.3 Å². The summed E-state index contributed by atoms with van der Waals surface area (Å²) in [5, 5.41) is 2.48. The third kappa shape index (κ3) is 3.74. The van der Waals surface area contributed by atoms with E-state index in [9.17, 15) is 13.6 Å². The smallest absolute Gasteiger partial charge is 0.233 e. The summed E-state index contributed by atoms with van der Waals surface area (Å²) in [7, 11) is 1.52. The molecule has 0 bridgehead atoms. The predicted molar refractivity (Wildman–Crippen MR) is 69.1 cm³/mol. The van der Waals surface area contributed by atoms with Gasteiger partial charge in [0.25, 0.3) is 0 Å². The standard InChI is InChI=1S/C12H15BrF2N2O/c1-3-17(7-11(18)16-2)6-8-10(14)5-4-9(13)12(8)15/h4-5H,3,6-7H2,1-2H3,(H,16,18). The average Bonchev–Trinajstić information content (AvgIpc) is 2.37. The summed E-state index contributed by atoms with van der Waals surface area (Å²) in [5.41, 5.74) is -0.0323. The molecule has 0 fully saturated rings. The van der Waals surface area contributed by atoms with E-state index in [0.29, 0.717) is 6.54 Å². The molecule has 1 aromatic rings. The Morgan fingerprint density at radius 1 is 1.44 bits per heavy atom. The molecule has 0 saturated heterocycles. The Balaban J connectivity index is 2.88. The molecule has 6 heteroatoms. The van der Waals surface area contributed by atoms with Crippen LogP contribution in [0.15, 0.2) is 16.6 Å². The number of nitrogens with one attached hydrogen (secondary N) is 1. The SMILES string of the molecule is CCN(CC(=O)NC)Cc1c(F)ccc(Br)c1F. The zero-order valence-electron chi connectivity index (χ0n) is 10.3.